The first kappa shape index (κ1) is 14.1. The molecule has 0 saturated carbocycles. The lowest BCUT2D eigenvalue weighted by Crippen LogP contribution is -2.41. The normalized spacial score (nSPS) is 10.4. The fourth-order valence-corrected chi connectivity index (χ4v) is 2.26. The van der Waals surface area contributed by atoms with E-state index in [0.29, 0.717) is 27.2 Å². The molecule has 0 aliphatic heterocycles. The number of rotatable bonds is 2. The highest BCUT2D eigenvalue weighted by atomic mass is 35.5. The highest BCUT2D eigenvalue weighted by Gasteiger charge is 2.14. The number of benzene rings is 1. The summed E-state index contributed by atoms with van der Waals surface area (Å²) in [5, 5.41) is 1.18. The Hall–Kier alpha value is -2.86. The van der Waals surface area contributed by atoms with Crippen LogP contribution >= 0.6 is 11.6 Å². The zero-order valence-electron chi connectivity index (χ0n) is 11.3. The van der Waals surface area contributed by atoms with Crippen molar-refractivity contribution in [3.05, 3.63) is 65.1 Å². The van der Waals surface area contributed by atoms with Crippen molar-refractivity contribution in [2.45, 2.75) is 0 Å². The Morgan fingerprint density at radius 2 is 1.86 bits per heavy atom. The summed E-state index contributed by atoms with van der Waals surface area (Å²) in [6, 6.07) is 9.98. The van der Waals surface area contributed by atoms with Crippen molar-refractivity contribution in [2.75, 3.05) is 0 Å². The van der Waals surface area contributed by atoms with Gasteiger partial charge in [-0.1, -0.05) is 11.6 Å². The molecule has 0 aliphatic rings. The number of hydrogen-bond acceptors (Lipinski definition) is 3. The van der Waals surface area contributed by atoms with Crippen LogP contribution in [0.3, 0.4) is 0 Å². The van der Waals surface area contributed by atoms with Crippen molar-refractivity contribution in [1.29, 1.82) is 0 Å². The van der Waals surface area contributed by atoms with E-state index in [1.807, 2.05) is 0 Å². The Labute approximate surface area is 130 Å². The van der Waals surface area contributed by atoms with Gasteiger partial charge in [0.2, 0.25) is 0 Å². The molecule has 110 valence electrons. The molecule has 0 radical (unpaired) electrons. The molecule has 2 aromatic heterocycles. The number of nitrogens with zero attached hydrogens (tertiary/aromatic N) is 1. The van der Waals surface area contributed by atoms with E-state index in [2.05, 4.69) is 20.8 Å². The Bertz CT molecular complexity index is 846. The van der Waals surface area contributed by atoms with E-state index < -0.39 is 11.8 Å². The summed E-state index contributed by atoms with van der Waals surface area (Å²) in [5.74, 6) is -0.912. The number of aromatic nitrogens is 2. The molecule has 3 rings (SSSR count). The van der Waals surface area contributed by atoms with Gasteiger partial charge in [-0.05, 0) is 36.4 Å². The maximum atomic E-state index is 12.2. The van der Waals surface area contributed by atoms with Gasteiger partial charge < -0.3 is 4.98 Å². The number of fused-ring (bicyclic) bond motifs is 1. The summed E-state index contributed by atoms with van der Waals surface area (Å²) >= 11 is 6.08. The second-order valence-corrected chi connectivity index (χ2v) is 4.89. The Kier molecular flexibility index (Phi) is 3.76. The van der Waals surface area contributed by atoms with Gasteiger partial charge in [0.25, 0.3) is 11.8 Å². The fraction of sp³-hybridized carbons (Fsp3) is 0. The third-order valence-corrected chi connectivity index (χ3v) is 3.42. The summed E-state index contributed by atoms with van der Waals surface area (Å²) in [6.45, 7) is 0. The number of H-pyrrole nitrogens is 1. The van der Waals surface area contributed by atoms with Crippen molar-refractivity contribution in [2.24, 2.45) is 0 Å². The van der Waals surface area contributed by atoms with Gasteiger partial charge in [-0.2, -0.15) is 0 Å². The number of aromatic amines is 1. The topological polar surface area (TPSA) is 86.9 Å². The van der Waals surface area contributed by atoms with Crippen LogP contribution in [-0.2, 0) is 0 Å². The highest BCUT2D eigenvalue weighted by Crippen LogP contribution is 2.24. The molecule has 7 heteroatoms. The number of carbonyl (C=O) groups is 2. The largest absolute Gasteiger partial charge is 0.357 e. The van der Waals surface area contributed by atoms with Gasteiger partial charge >= 0.3 is 0 Å². The molecule has 3 N–H and O–H groups in total. The molecule has 1 aromatic carbocycles. The molecular weight excluding hydrogens is 304 g/mol. The van der Waals surface area contributed by atoms with Gasteiger partial charge in [-0.15, -0.1) is 0 Å². The summed E-state index contributed by atoms with van der Waals surface area (Å²) in [7, 11) is 0. The monoisotopic (exact) mass is 314 g/mol. The molecule has 0 bridgehead atoms. The van der Waals surface area contributed by atoms with E-state index in [4.69, 9.17) is 11.6 Å². The van der Waals surface area contributed by atoms with E-state index in [1.54, 1.807) is 48.8 Å². The fourth-order valence-electron chi connectivity index (χ4n) is 2.04. The van der Waals surface area contributed by atoms with E-state index in [-0.39, 0.29) is 0 Å². The van der Waals surface area contributed by atoms with Crippen molar-refractivity contribution >= 4 is 34.3 Å². The molecule has 22 heavy (non-hydrogen) atoms. The van der Waals surface area contributed by atoms with Crippen LogP contribution in [0.25, 0.3) is 10.9 Å². The standard InChI is InChI=1S/C15H11ClN4O2/c16-11-6-5-10(13-9(11)3-1-8-18-13)14(21)19-20-15(22)12-4-2-7-17-12/h1-8,17H,(H,19,21)(H,20,22). The van der Waals surface area contributed by atoms with Crippen LogP contribution in [0, 0.1) is 0 Å². The zero-order chi connectivity index (χ0) is 15.5. The molecule has 2 amide bonds. The summed E-state index contributed by atoms with van der Waals surface area (Å²) in [6.07, 6.45) is 3.19. The van der Waals surface area contributed by atoms with Crippen molar-refractivity contribution in [3.8, 4) is 0 Å². The average molecular weight is 315 g/mol. The molecule has 2 heterocycles. The number of carbonyl (C=O) groups excluding carboxylic acids is 2. The predicted molar refractivity (Wildman–Crippen MR) is 82.5 cm³/mol. The Morgan fingerprint density at radius 3 is 2.64 bits per heavy atom. The summed E-state index contributed by atoms with van der Waals surface area (Å²) < 4.78 is 0. The minimum absolute atomic E-state index is 0.326. The van der Waals surface area contributed by atoms with Crippen molar-refractivity contribution in [1.82, 2.24) is 20.8 Å². The number of halogens is 1. The minimum atomic E-state index is -0.472. The molecule has 0 aliphatic carbocycles. The summed E-state index contributed by atoms with van der Waals surface area (Å²) in [5.41, 5.74) is 5.84. The Morgan fingerprint density at radius 1 is 1.05 bits per heavy atom. The first-order valence-corrected chi connectivity index (χ1v) is 6.82. The SMILES string of the molecule is O=C(NNC(=O)c1ccc(Cl)c2cccnc12)c1ccc[nH]1. The third-order valence-electron chi connectivity index (χ3n) is 3.09. The summed E-state index contributed by atoms with van der Waals surface area (Å²) in [4.78, 5) is 30.9. The number of nitrogens with one attached hydrogen (secondary N) is 3. The lowest BCUT2D eigenvalue weighted by molar-refractivity contribution is 0.0845. The molecule has 3 aromatic rings. The number of hydrazine groups is 1. The van der Waals surface area contributed by atoms with Crippen LogP contribution in [-0.4, -0.2) is 21.8 Å². The predicted octanol–water partition coefficient (Wildman–Crippen LogP) is 2.29. The van der Waals surface area contributed by atoms with Crippen LogP contribution in [0.2, 0.25) is 5.02 Å². The van der Waals surface area contributed by atoms with Crippen molar-refractivity contribution < 1.29 is 9.59 Å². The first-order valence-electron chi connectivity index (χ1n) is 6.44. The molecule has 0 fully saturated rings. The molecule has 0 atom stereocenters. The maximum Gasteiger partial charge on any atom is 0.286 e. The number of amides is 2. The number of hydrogen-bond donors (Lipinski definition) is 3. The van der Waals surface area contributed by atoms with E-state index >= 15 is 0 Å². The van der Waals surface area contributed by atoms with Gasteiger partial charge in [0.05, 0.1) is 16.1 Å². The van der Waals surface area contributed by atoms with Gasteiger partial charge in [0.1, 0.15) is 5.69 Å². The van der Waals surface area contributed by atoms with Gasteiger partial charge in [-0.3, -0.25) is 25.4 Å². The molecule has 0 spiro atoms. The van der Waals surface area contributed by atoms with E-state index in [0.717, 1.165) is 0 Å². The average Bonchev–Trinajstić information content (AvgIpc) is 3.07. The van der Waals surface area contributed by atoms with Crippen LogP contribution in [0.15, 0.2) is 48.8 Å². The Balaban J connectivity index is 1.81. The third kappa shape index (κ3) is 2.64. The minimum Gasteiger partial charge on any atom is -0.357 e. The lowest BCUT2D eigenvalue weighted by atomic mass is 10.1. The zero-order valence-corrected chi connectivity index (χ0v) is 12.0. The smallest absolute Gasteiger partial charge is 0.286 e. The van der Waals surface area contributed by atoms with Crippen LogP contribution < -0.4 is 10.9 Å². The second-order valence-electron chi connectivity index (χ2n) is 4.49. The quantitative estimate of drug-likeness (QED) is 0.634. The first-order chi connectivity index (χ1) is 10.7. The van der Waals surface area contributed by atoms with Crippen molar-refractivity contribution in [3.63, 3.8) is 0 Å². The van der Waals surface area contributed by atoms with Gasteiger partial charge in [-0.25, -0.2) is 0 Å². The maximum absolute atomic E-state index is 12.2. The molecular formula is C15H11ClN4O2. The molecule has 0 saturated heterocycles. The lowest BCUT2D eigenvalue weighted by Gasteiger charge is -2.09. The van der Waals surface area contributed by atoms with Gasteiger partial charge in [0.15, 0.2) is 0 Å². The van der Waals surface area contributed by atoms with E-state index in [9.17, 15) is 9.59 Å². The number of pyridine rings is 1. The van der Waals surface area contributed by atoms with Gasteiger partial charge in [0, 0.05) is 17.8 Å². The molecule has 6 nitrogen and oxygen atoms in total. The van der Waals surface area contributed by atoms with Crippen LogP contribution in [0.4, 0.5) is 0 Å². The van der Waals surface area contributed by atoms with E-state index in [1.165, 1.54) is 0 Å². The molecule has 0 unspecified atom stereocenters. The van der Waals surface area contributed by atoms with Crippen LogP contribution in [0.1, 0.15) is 20.8 Å². The second kappa shape index (κ2) is 5.87. The van der Waals surface area contributed by atoms with Crippen LogP contribution in [0.5, 0.6) is 0 Å². The highest BCUT2D eigenvalue weighted by molar-refractivity contribution is 6.36.